The number of hydrogen-bond donors (Lipinski definition) is 1. The predicted molar refractivity (Wildman–Crippen MR) is 121 cm³/mol. The Morgan fingerprint density at radius 3 is 2.58 bits per heavy atom. The maximum absolute atomic E-state index is 12.6. The van der Waals surface area contributed by atoms with Gasteiger partial charge in [-0.3, -0.25) is 4.79 Å². The zero-order chi connectivity index (χ0) is 22.1. The van der Waals surface area contributed by atoms with Crippen molar-refractivity contribution < 1.29 is 22.7 Å². The summed E-state index contributed by atoms with van der Waals surface area (Å²) in [5, 5.41) is 2.85. The summed E-state index contributed by atoms with van der Waals surface area (Å²) in [6.45, 7) is 5.82. The Balaban J connectivity index is 1.49. The van der Waals surface area contributed by atoms with E-state index in [2.05, 4.69) is 11.9 Å². The van der Waals surface area contributed by atoms with Gasteiger partial charge >= 0.3 is 0 Å². The van der Waals surface area contributed by atoms with Gasteiger partial charge in [0.1, 0.15) is 12.4 Å². The average molecular weight is 463 g/mol. The van der Waals surface area contributed by atoms with Gasteiger partial charge in [0.2, 0.25) is 10.0 Å². The van der Waals surface area contributed by atoms with Crippen LogP contribution in [0.5, 0.6) is 5.75 Å². The molecule has 166 valence electrons. The molecule has 31 heavy (non-hydrogen) atoms. The van der Waals surface area contributed by atoms with Gasteiger partial charge in [0, 0.05) is 23.7 Å². The molecular weight excluding hydrogens is 436 g/mol. The SMILES string of the molecule is C=CCSc1ccccc1C(=O)NCCOc1ccc(S(=O)(=O)N2CCOCC2)cc1. The Bertz CT molecular complexity index is 987. The summed E-state index contributed by atoms with van der Waals surface area (Å²) in [4.78, 5) is 13.6. The molecule has 1 aliphatic rings. The summed E-state index contributed by atoms with van der Waals surface area (Å²) >= 11 is 1.56. The number of ether oxygens (including phenoxy) is 2. The van der Waals surface area contributed by atoms with Crippen molar-refractivity contribution in [3.8, 4) is 5.75 Å². The number of sulfonamides is 1. The van der Waals surface area contributed by atoms with Gasteiger partial charge in [0.15, 0.2) is 0 Å². The van der Waals surface area contributed by atoms with Gasteiger partial charge in [-0.15, -0.1) is 18.3 Å². The van der Waals surface area contributed by atoms with Crippen LogP contribution in [0.3, 0.4) is 0 Å². The highest BCUT2D eigenvalue weighted by Gasteiger charge is 2.26. The van der Waals surface area contributed by atoms with Crippen molar-refractivity contribution in [2.45, 2.75) is 9.79 Å². The van der Waals surface area contributed by atoms with Crippen LogP contribution in [0.25, 0.3) is 0 Å². The van der Waals surface area contributed by atoms with E-state index in [9.17, 15) is 13.2 Å². The van der Waals surface area contributed by atoms with Gasteiger partial charge in [-0.2, -0.15) is 4.31 Å². The molecule has 0 unspecified atom stereocenters. The van der Waals surface area contributed by atoms with Crippen LogP contribution >= 0.6 is 11.8 Å². The van der Waals surface area contributed by atoms with Crippen molar-refractivity contribution >= 4 is 27.7 Å². The van der Waals surface area contributed by atoms with Crippen molar-refractivity contribution in [3.05, 3.63) is 66.7 Å². The first-order valence-corrected chi connectivity index (χ1v) is 12.4. The Labute approximate surface area is 187 Å². The van der Waals surface area contributed by atoms with E-state index in [1.807, 2.05) is 18.2 Å². The molecule has 0 radical (unpaired) electrons. The van der Waals surface area contributed by atoms with Crippen LogP contribution < -0.4 is 10.1 Å². The molecule has 1 fully saturated rings. The molecule has 0 aromatic heterocycles. The normalized spacial score (nSPS) is 14.7. The molecule has 1 amide bonds. The highest BCUT2D eigenvalue weighted by molar-refractivity contribution is 7.99. The maximum atomic E-state index is 12.6. The maximum Gasteiger partial charge on any atom is 0.252 e. The van der Waals surface area contributed by atoms with E-state index >= 15 is 0 Å². The molecule has 0 spiro atoms. The Kier molecular flexibility index (Phi) is 8.53. The first kappa shape index (κ1) is 23.3. The zero-order valence-electron chi connectivity index (χ0n) is 17.2. The molecule has 2 aromatic rings. The molecule has 9 heteroatoms. The molecule has 1 aliphatic heterocycles. The average Bonchev–Trinajstić information content (AvgIpc) is 2.81. The lowest BCUT2D eigenvalue weighted by Crippen LogP contribution is -2.40. The fourth-order valence-corrected chi connectivity index (χ4v) is 5.20. The molecule has 3 rings (SSSR count). The number of hydrogen-bond acceptors (Lipinski definition) is 6. The van der Waals surface area contributed by atoms with E-state index < -0.39 is 10.0 Å². The molecule has 1 N–H and O–H groups in total. The summed E-state index contributed by atoms with van der Waals surface area (Å²) in [5.41, 5.74) is 0.618. The van der Waals surface area contributed by atoms with Crippen LogP contribution in [0.2, 0.25) is 0 Å². The van der Waals surface area contributed by atoms with E-state index in [0.29, 0.717) is 44.2 Å². The summed E-state index contributed by atoms with van der Waals surface area (Å²) < 4.78 is 37.5. The first-order valence-electron chi connectivity index (χ1n) is 9.94. The molecular formula is C22H26N2O5S2. The smallest absolute Gasteiger partial charge is 0.252 e. The van der Waals surface area contributed by atoms with Crippen molar-refractivity contribution in [1.82, 2.24) is 9.62 Å². The van der Waals surface area contributed by atoms with Crippen LogP contribution in [-0.4, -0.2) is 63.8 Å². The summed E-state index contributed by atoms with van der Waals surface area (Å²) in [5.74, 6) is 1.10. The third kappa shape index (κ3) is 6.33. The zero-order valence-corrected chi connectivity index (χ0v) is 18.8. The standard InChI is InChI=1S/C22H26N2O5S2/c1-2-17-30-21-6-4-3-5-20(21)22(25)23-11-14-29-18-7-9-19(10-8-18)31(26,27)24-12-15-28-16-13-24/h2-10H,1,11-17H2,(H,23,25). The number of carbonyl (C=O) groups is 1. The van der Waals surface area contributed by atoms with Crippen LogP contribution in [-0.2, 0) is 14.8 Å². The Morgan fingerprint density at radius 1 is 1.16 bits per heavy atom. The van der Waals surface area contributed by atoms with Crippen LogP contribution in [0.15, 0.2) is 71.0 Å². The van der Waals surface area contributed by atoms with E-state index in [-0.39, 0.29) is 17.4 Å². The molecule has 2 aromatic carbocycles. The first-order chi connectivity index (χ1) is 15.0. The van der Waals surface area contributed by atoms with Gasteiger partial charge in [0.05, 0.1) is 30.2 Å². The molecule has 0 atom stereocenters. The van der Waals surface area contributed by atoms with E-state index in [4.69, 9.17) is 9.47 Å². The van der Waals surface area contributed by atoms with Crippen LogP contribution in [0.4, 0.5) is 0 Å². The molecule has 1 heterocycles. The number of thioether (sulfide) groups is 1. The minimum Gasteiger partial charge on any atom is -0.492 e. The predicted octanol–water partition coefficient (Wildman–Crippen LogP) is 2.79. The minimum atomic E-state index is -3.52. The Morgan fingerprint density at radius 2 is 1.87 bits per heavy atom. The monoisotopic (exact) mass is 462 g/mol. The van der Waals surface area contributed by atoms with Gasteiger partial charge < -0.3 is 14.8 Å². The fraction of sp³-hybridized carbons (Fsp3) is 0.318. The number of morpholine rings is 1. The number of nitrogens with one attached hydrogen (secondary N) is 1. The number of carbonyl (C=O) groups excluding carboxylic acids is 1. The highest BCUT2D eigenvalue weighted by atomic mass is 32.2. The second-order valence-electron chi connectivity index (χ2n) is 6.69. The highest BCUT2D eigenvalue weighted by Crippen LogP contribution is 2.23. The quantitative estimate of drug-likeness (QED) is 0.332. The van der Waals surface area contributed by atoms with Gasteiger partial charge in [-0.1, -0.05) is 18.2 Å². The van der Waals surface area contributed by atoms with Crippen molar-refractivity contribution in [2.75, 3.05) is 45.2 Å². The Hall–Kier alpha value is -2.33. The van der Waals surface area contributed by atoms with Gasteiger partial charge in [-0.25, -0.2) is 8.42 Å². The lowest BCUT2D eigenvalue weighted by Gasteiger charge is -2.26. The topological polar surface area (TPSA) is 84.9 Å². The molecule has 0 bridgehead atoms. The molecule has 0 aliphatic carbocycles. The van der Waals surface area contributed by atoms with E-state index in [0.717, 1.165) is 10.6 Å². The second kappa shape index (κ2) is 11.3. The lowest BCUT2D eigenvalue weighted by molar-refractivity contribution is 0.0730. The van der Waals surface area contributed by atoms with Crippen LogP contribution in [0, 0.1) is 0 Å². The van der Waals surface area contributed by atoms with Crippen molar-refractivity contribution in [2.24, 2.45) is 0 Å². The molecule has 1 saturated heterocycles. The summed E-state index contributed by atoms with van der Waals surface area (Å²) in [6, 6.07) is 13.7. The third-order valence-electron chi connectivity index (χ3n) is 4.58. The number of nitrogens with zero attached hydrogens (tertiary/aromatic N) is 1. The number of amides is 1. The van der Waals surface area contributed by atoms with Crippen molar-refractivity contribution in [3.63, 3.8) is 0 Å². The van der Waals surface area contributed by atoms with E-state index in [1.54, 1.807) is 36.0 Å². The van der Waals surface area contributed by atoms with E-state index in [1.165, 1.54) is 16.4 Å². The fourth-order valence-electron chi connectivity index (χ4n) is 3.00. The largest absolute Gasteiger partial charge is 0.492 e. The third-order valence-corrected chi connectivity index (χ3v) is 7.56. The lowest BCUT2D eigenvalue weighted by atomic mass is 10.2. The minimum absolute atomic E-state index is 0.164. The molecule has 7 nitrogen and oxygen atoms in total. The van der Waals surface area contributed by atoms with Gasteiger partial charge in [0.25, 0.3) is 5.91 Å². The second-order valence-corrected chi connectivity index (χ2v) is 9.69. The number of benzene rings is 2. The van der Waals surface area contributed by atoms with Crippen LogP contribution in [0.1, 0.15) is 10.4 Å². The molecule has 0 saturated carbocycles. The number of rotatable bonds is 10. The van der Waals surface area contributed by atoms with Gasteiger partial charge in [-0.05, 0) is 36.4 Å². The summed E-state index contributed by atoms with van der Waals surface area (Å²) in [7, 11) is -3.52. The van der Waals surface area contributed by atoms with Crippen molar-refractivity contribution in [1.29, 1.82) is 0 Å². The summed E-state index contributed by atoms with van der Waals surface area (Å²) in [6.07, 6.45) is 1.80.